The van der Waals surface area contributed by atoms with Crippen molar-refractivity contribution < 1.29 is 18.0 Å². The fourth-order valence-electron chi connectivity index (χ4n) is 3.33. The molecular weight excluding hydrogens is 409 g/mol. The number of amides is 1. The Labute approximate surface area is 168 Å². The second-order valence-electron chi connectivity index (χ2n) is 6.75. The van der Waals surface area contributed by atoms with Crippen LogP contribution >= 0.6 is 11.6 Å². The second-order valence-corrected chi connectivity index (χ2v) is 7.10. The maximum atomic E-state index is 13.0. The number of alkyl halides is 3. The van der Waals surface area contributed by atoms with E-state index in [2.05, 4.69) is 20.5 Å². The lowest BCUT2D eigenvalue weighted by Crippen LogP contribution is -2.32. The molecule has 3 aromatic heterocycles. The topological polar surface area (TPSA) is 77.6 Å². The molecule has 29 heavy (non-hydrogen) atoms. The summed E-state index contributed by atoms with van der Waals surface area (Å²) in [7, 11) is 1.63. The zero-order valence-corrected chi connectivity index (χ0v) is 16.0. The number of carbonyl (C=O) groups is 1. The van der Waals surface area contributed by atoms with Crippen molar-refractivity contribution in [3.8, 4) is 11.3 Å². The Morgan fingerprint density at radius 2 is 2.14 bits per heavy atom. The zero-order valence-electron chi connectivity index (χ0n) is 15.2. The van der Waals surface area contributed by atoms with E-state index in [-0.39, 0.29) is 22.7 Å². The monoisotopic (exact) mass is 424 g/mol. The van der Waals surface area contributed by atoms with Crippen molar-refractivity contribution in [1.29, 1.82) is 0 Å². The number of hydrogen-bond acceptors (Lipinski definition) is 4. The minimum atomic E-state index is -4.53. The Hall–Kier alpha value is -2.88. The number of pyridine rings is 1. The predicted molar refractivity (Wildman–Crippen MR) is 98.1 cm³/mol. The molecule has 11 heteroatoms. The molecule has 3 aromatic rings. The fourth-order valence-corrected chi connectivity index (χ4v) is 3.51. The average Bonchev–Trinajstić information content (AvgIpc) is 3.26. The Bertz CT molecular complexity index is 1070. The second kappa shape index (κ2) is 7.18. The van der Waals surface area contributed by atoms with Crippen LogP contribution in [0.5, 0.6) is 0 Å². The minimum absolute atomic E-state index is 0.226. The lowest BCUT2D eigenvalue weighted by atomic mass is 10.0. The van der Waals surface area contributed by atoms with E-state index in [1.54, 1.807) is 17.8 Å². The van der Waals surface area contributed by atoms with Gasteiger partial charge in [-0.2, -0.15) is 23.4 Å². The van der Waals surface area contributed by atoms with Gasteiger partial charge < -0.3 is 5.32 Å². The molecule has 1 aliphatic rings. The number of aromatic nitrogens is 5. The molecule has 1 N–H and O–H groups in total. The Kier molecular flexibility index (Phi) is 4.81. The largest absolute Gasteiger partial charge is 0.433 e. The van der Waals surface area contributed by atoms with Crippen LogP contribution in [-0.2, 0) is 19.8 Å². The molecule has 0 bridgehead atoms. The van der Waals surface area contributed by atoms with Crippen molar-refractivity contribution >= 4 is 17.5 Å². The zero-order chi connectivity index (χ0) is 20.8. The summed E-state index contributed by atoms with van der Waals surface area (Å²) < 4.78 is 42.0. The van der Waals surface area contributed by atoms with Gasteiger partial charge in [-0.3, -0.25) is 19.1 Å². The lowest BCUT2D eigenvalue weighted by molar-refractivity contribution is -0.141. The van der Waals surface area contributed by atoms with Crippen molar-refractivity contribution in [2.24, 2.45) is 7.05 Å². The summed E-state index contributed by atoms with van der Waals surface area (Å²) in [5.74, 6) is -0.368. The van der Waals surface area contributed by atoms with Gasteiger partial charge in [0.05, 0.1) is 29.2 Å². The van der Waals surface area contributed by atoms with Crippen molar-refractivity contribution in [2.45, 2.75) is 31.6 Å². The number of fused-ring (bicyclic) bond motifs is 1. The molecule has 0 spiro atoms. The summed E-state index contributed by atoms with van der Waals surface area (Å²) in [4.78, 5) is 16.0. The van der Waals surface area contributed by atoms with Gasteiger partial charge in [-0.25, -0.2) is 0 Å². The maximum absolute atomic E-state index is 13.0. The summed E-state index contributed by atoms with van der Waals surface area (Å²) in [6.07, 6.45) is -0.587. The molecule has 7 nitrogen and oxygen atoms in total. The number of nitrogens with zero attached hydrogens (tertiary/aromatic N) is 5. The lowest BCUT2D eigenvalue weighted by Gasteiger charge is -2.24. The average molecular weight is 425 g/mol. The first-order chi connectivity index (χ1) is 13.7. The fraction of sp³-hybridized carbons (Fsp3) is 0.333. The van der Waals surface area contributed by atoms with Gasteiger partial charge >= 0.3 is 6.18 Å². The highest BCUT2D eigenvalue weighted by molar-refractivity contribution is 6.32. The number of aryl methyl sites for hydroxylation is 2. The minimum Gasteiger partial charge on any atom is -0.344 e. The first-order valence-corrected chi connectivity index (χ1v) is 9.21. The molecule has 0 aromatic carbocycles. The van der Waals surface area contributed by atoms with Crippen molar-refractivity contribution in [2.75, 3.05) is 0 Å². The first-order valence-electron chi connectivity index (χ1n) is 8.84. The summed E-state index contributed by atoms with van der Waals surface area (Å²) in [5, 5.41) is 11.5. The molecule has 0 saturated carbocycles. The van der Waals surface area contributed by atoms with Crippen LogP contribution < -0.4 is 5.32 Å². The first kappa shape index (κ1) is 19.4. The number of carbonyl (C=O) groups excluding carboxylic acids is 1. The van der Waals surface area contributed by atoms with E-state index in [1.165, 1.54) is 16.9 Å². The molecule has 152 valence electrons. The molecule has 4 heterocycles. The number of nitrogens with one attached hydrogen (secondary N) is 1. The van der Waals surface area contributed by atoms with Gasteiger partial charge in [0.2, 0.25) is 0 Å². The molecule has 4 rings (SSSR count). The highest BCUT2D eigenvalue weighted by atomic mass is 35.5. The quantitative estimate of drug-likeness (QED) is 0.696. The van der Waals surface area contributed by atoms with E-state index in [9.17, 15) is 18.0 Å². The van der Waals surface area contributed by atoms with Crippen LogP contribution in [0.4, 0.5) is 13.2 Å². The van der Waals surface area contributed by atoms with Crippen LogP contribution in [0, 0.1) is 0 Å². The van der Waals surface area contributed by atoms with Crippen molar-refractivity contribution in [3.63, 3.8) is 0 Å². The van der Waals surface area contributed by atoms with Gasteiger partial charge in [-0.1, -0.05) is 11.6 Å². The normalized spacial score (nSPS) is 16.5. The highest BCUT2D eigenvalue weighted by Gasteiger charge is 2.33. The van der Waals surface area contributed by atoms with Gasteiger partial charge in [-0.15, -0.1) is 0 Å². The number of rotatable bonds is 3. The predicted octanol–water partition coefficient (Wildman–Crippen LogP) is 3.62. The van der Waals surface area contributed by atoms with Crippen LogP contribution in [0.3, 0.4) is 0 Å². The maximum Gasteiger partial charge on any atom is 0.433 e. The molecule has 1 aliphatic heterocycles. The van der Waals surface area contributed by atoms with E-state index >= 15 is 0 Å². The van der Waals surface area contributed by atoms with E-state index in [0.717, 1.165) is 24.4 Å². The number of halogens is 4. The van der Waals surface area contributed by atoms with Gasteiger partial charge in [-0.05, 0) is 31.0 Å². The summed E-state index contributed by atoms with van der Waals surface area (Å²) >= 11 is 6.08. The third-order valence-corrected chi connectivity index (χ3v) is 5.24. The van der Waals surface area contributed by atoms with Gasteiger partial charge in [0.1, 0.15) is 10.8 Å². The number of hydrogen-bond donors (Lipinski definition) is 1. The van der Waals surface area contributed by atoms with Crippen molar-refractivity contribution in [3.05, 3.63) is 52.7 Å². The van der Waals surface area contributed by atoms with Crippen LogP contribution in [0.1, 0.15) is 40.6 Å². The SMILES string of the molecule is Cn1ncc(C(=O)N[C@H]2CCCn3nc(-c4ccnc(C(F)(F)F)c4)cc32)c1Cl. The van der Waals surface area contributed by atoms with Crippen LogP contribution in [-0.4, -0.2) is 30.5 Å². The molecule has 0 aliphatic carbocycles. The van der Waals surface area contributed by atoms with Crippen LogP contribution in [0.2, 0.25) is 5.15 Å². The Morgan fingerprint density at radius 1 is 1.34 bits per heavy atom. The van der Waals surface area contributed by atoms with Crippen LogP contribution in [0.25, 0.3) is 11.3 Å². The van der Waals surface area contributed by atoms with Crippen molar-refractivity contribution in [1.82, 2.24) is 29.9 Å². The summed E-state index contributed by atoms with van der Waals surface area (Å²) in [6.45, 7) is 0.618. The van der Waals surface area contributed by atoms with Crippen LogP contribution in [0.15, 0.2) is 30.6 Å². The Morgan fingerprint density at radius 3 is 2.83 bits per heavy atom. The van der Waals surface area contributed by atoms with Gasteiger partial charge in [0.15, 0.2) is 0 Å². The molecule has 0 radical (unpaired) electrons. The van der Waals surface area contributed by atoms with Gasteiger partial charge in [0.25, 0.3) is 5.91 Å². The highest BCUT2D eigenvalue weighted by Crippen LogP contribution is 2.33. The smallest absolute Gasteiger partial charge is 0.344 e. The molecule has 1 amide bonds. The standard InChI is InChI=1S/C18H16ClF3N6O/c1-27-16(19)11(9-24-27)17(29)25-12-3-2-6-28-14(12)8-13(26-28)10-4-5-23-15(7-10)18(20,21)22/h4-5,7-9,12H,2-3,6H2,1H3,(H,25,29)/t12-/m0/s1. The molecule has 0 unspecified atom stereocenters. The Balaban J connectivity index is 1.62. The summed E-state index contributed by atoms with van der Waals surface area (Å²) in [5.41, 5.74) is 0.722. The van der Waals surface area contributed by atoms with E-state index in [1.807, 2.05) is 0 Å². The summed E-state index contributed by atoms with van der Waals surface area (Å²) in [6, 6.07) is 3.81. The molecular formula is C18H16ClF3N6O. The van der Waals surface area contributed by atoms with Gasteiger partial charge in [0, 0.05) is 25.4 Å². The third-order valence-electron chi connectivity index (χ3n) is 4.79. The third kappa shape index (κ3) is 3.71. The van der Waals surface area contributed by atoms with E-state index in [0.29, 0.717) is 24.2 Å². The van der Waals surface area contributed by atoms with E-state index in [4.69, 9.17) is 11.6 Å². The molecule has 0 fully saturated rings. The molecule has 1 atom stereocenters. The molecule has 0 saturated heterocycles. The van der Waals surface area contributed by atoms with E-state index < -0.39 is 11.9 Å².